The first-order valence-electron chi connectivity index (χ1n) is 23.2. The van der Waals surface area contributed by atoms with Gasteiger partial charge in [0, 0.05) is 72.6 Å². The van der Waals surface area contributed by atoms with Crippen LogP contribution in [-0.4, -0.2) is 19.5 Å². The van der Waals surface area contributed by atoms with E-state index >= 15 is 9.13 Å². The van der Waals surface area contributed by atoms with E-state index in [9.17, 15) is 0 Å². The average Bonchev–Trinajstić information content (AvgIpc) is 3.82. The first kappa shape index (κ1) is 41.2. The van der Waals surface area contributed by atoms with Crippen LogP contribution in [0.2, 0.25) is 0 Å². The van der Waals surface area contributed by atoms with Gasteiger partial charge in [0.05, 0.1) is 27.9 Å². The van der Waals surface area contributed by atoms with E-state index < -0.39 is 14.3 Å². The van der Waals surface area contributed by atoms with Gasteiger partial charge in [0.25, 0.3) is 0 Å². The third-order valence-electron chi connectivity index (χ3n) is 14.0. The van der Waals surface area contributed by atoms with Gasteiger partial charge in [-0.2, -0.15) is 0 Å². The highest BCUT2D eigenvalue weighted by Gasteiger charge is 2.39. The normalized spacial score (nSPS) is 15.0. The molecule has 2 unspecified atom stereocenters. The van der Waals surface area contributed by atoms with Crippen molar-refractivity contribution in [3.63, 3.8) is 0 Å². The van der Waals surface area contributed by atoms with Crippen LogP contribution in [0.3, 0.4) is 0 Å². The van der Waals surface area contributed by atoms with E-state index in [-0.39, 0.29) is 11.8 Å². The number of hydrogen-bond donors (Lipinski definition) is 0. The second-order valence-corrected chi connectivity index (χ2v) is 23.4. The zero-order chi connectivity index (χ0) is 46.1. The first-order chi connectivity index (χ1) is 33.9. The molecule has 0 bridgehead atoms. The first-order valence-corrected chi connectivity index (χ1v) is 26.6. The maximum atomic E-state index is 15.2. The van der Waals surface area contributed by atoms with Crippen LogP contribution in [0.1, 0.15) is 34.4 Å². The van der Waals surface area contributed by atoms with E-state index in [1.165, 1.54) is 16.7 Å². The Morgan fingerprint density at radius 1 is 0.435 bits per heavy atom. The van der Waals surface area contributed by atoms with Gasteiger partial charge in [-0.15, -0.1) is 0 Å². The van der Waals surface area contributed by atoms with Gasteiger partial charge in [0.1, 0.15) is 5.82 Å². The summed E-state index contributed by atoms with van der Waals surface area (Å²) in [6, 6.07) is 73.0. The molecule has 0 radical (unpaired) electrons. The minimum absolute atomic E-state index is 0.0240. The molecule has 0 spiro atoms. The molecular formula is C61H42N4O2P2. The number of fused-ring (bicyclic) bond motifs is 11. The third kappa shape index (κ3) is 6.66. The van der Waals surface area contributed by atoms with Crippen LogP contribution in [0.4, 0.5) is 0 Å². The van der Waals surface area contributed by atoms with Gasteiger partial charge in [-0.3, -0.25) is 14.5 Å². The third-order valence-corrected chi connectivity index (χ3v) is 20.1. The van der Waals surface area contributed by atoms with Gasteiger partial charge in [-0.05, 0) is 64.7 Å². The number of aromatic nitrogens is 4. The molecule has 1 aliphatic heterocycles. The van der Waals surface area contributed by atoms with Gasteiger partial charge in [0.15, 0.2) is 14.3 Å². The predicted molar refractivity (Wildman–Crippen MR) is 284 cm³/mol. The fraction of sp³-hybridized carbons (Fsp3) is 0.0328. The molecule has 6 nitrogen and oxygen atoms in total. The smallest absolute Gasteiger partial charge is 0.172 e. The molecule has 328 valence electrons. The van der Waals surface area contributed by atoms with Crippen LogP contribution in [0.5, 0.6) is 0 Å². The highest BCUT2D eigenvalue weighted by Crippen LogP contribution is 2.52. The van der Waals surface area contributed by atoms with Crippen molar-refractivity contribution in [1.82, 2.24) is 19.5 Å². The summed E-state index contributed by atoms with van der Waals surface area (Å²) in [7, 11) is -6.35. The van der Waals surface area contributed by atoms with Crippen molar-refractivity contribution in [1.29, 1.82) is 0 Å². The number of pyridine rings is 2. The molecule has 0 saturated carbocycles. The molecule has 69 heavy (non-hydrogen) atoms. The Hall–Kier alpha value is -8.01. The van der Waals surface area contributed by atoms with Gasteiger partial charge in [-0.1, -0.05) is 188 Å². The minimum Gasteiger partial charge on any atom is -0.309 e. The number of imidazole rings is 1. The van der Waals surface area contributed by atoms with E-state index in [4.69, 9.17) is 15.0 Å². The molecule has 4 heterocycles. The van der Waals surface area contributed by atoms with Crippen molar-refractivity contribution in [2.45, 2.75) is 11.8 Å². The summed E-state index contributed by atoms with van der Waals surface area (Å²) < 4.78 is 32.7. The van der Waals surface area contributed by atoms with Crippen molar-refractivity contribution in [3.05, 3.63) is 259 Å². The Balaban J connectivity index is 0.919. The van der Waals surface area contributed by atoms with Crippen molar-refractivity contribution in [2.24, 2.45) is 0 Å². The lowest BCUT2D eigenvalue weighted by molar-refractivity contribution is 0.591. The molecule has 8 aromatic carbocycles. The number of allylic oxidation sites excluding steroid dienone is 1. The van der Waals surface area contributed by atoms with Gasteiger partial charge in [0.2, 0.25) is 0 Å². The summed E-state index contributed by atoms with van der Waals surface area (Å²) in [5.41, 5.74) is 11.2. The molecular weight excluding hydrogens is 883 g/mol. The summed E-state index contributed by atoms with van der Waals surface area (Å²) in [5, 5.41) is 5.54. The summed E-state index contributed by atoms with van der Waals surface area (Å²) in [6.07, 6.45) is 8.27. The zero-order valence-corrected chi connectivity index (χ0v) is 39.0. The number of rotatable bonds is 8. The lowest BCUT2D eigenvalue weighted by Crippen LogP contribution is -2.25. The zero-order valence-electron chi connectivity index (χ0n) is 37.2. The van der Waals surface area contributed by atoms with Crippen LogP contribution in [0, 0.1) is 0 Å². The second-order valence-electron chi connectivity index (χ2n) is 17.8. The minimum atomic E-state index is -3.18. The summed E-state index contributed by atoms with van der Waals surface area (Å²) in [4.78, 5) is 15.4. The monoisotopic (exact) mass is 924 g/mol. The maximum Gasteiger partial charge on any atom is 0.172 e. The Labute approximate surface area is 400 Å². The lowest BCUT2D eigenvalue weighted by Gasteiger charge is -2.36. The Bertz CT molecular complexity index is 3830. The molecule has 0 saturated heterocycles. The van der Waals surface area contributed by atoms with Gasteiger partial charge in [-0.25, -0.2) is 4.98 Å². The second kappa shape index (κ2) is 16.4. The topological polar surface area (TPSA) is 77.7 Å². The Kier molecular flexibility index (Phi) is 9.76. The van der Waals surface area contributed by atoms with Crippen LogP contribution in [0.15, 0.2) is 237 Å². The van der Waals surface area contributed by atoms with Crippen molar-refractivity contribution < 1.29 is 9.13 Å². The summed E-state index contributed by atoms with van der Waals surface area (Å²) in [6.45, 7) is 0. The fourth-order valence-corrected chi connectivity index (χ4v) is 15.9. The lowest BCUT2D eigenvalue weighted by atomic mass is 9.72. The summed E-state index contributed by atoms with van der Waals surface area (Å²) >= 11 is 0. The maximum absolute atomic E-state index is 15.2. The number of benzene rings is 8. The molecule has 0 amide bonds. The molecule has 8 heteroatoms. The van der Waals surface area contributed by atoms with E-state index in [0.29, 0.717) is 5.30 Å². The molecule has 0 fully saturated rings. The number of nitrogens with zero attached hydrogens (tertiary/aromatic N) is 4. The van der Waals surface area contributed by atoms with Crippen LogP contribution in [0.25, 0.3) is 56.1 Å². The molecule has 2 atom stereocenters. The predicted octanol–water partition coefficient (Wildman–Crippen LogP) is 11.8. The average molecular weight is 925 g/mol. The van der Waals surface area contributed by atoms with Crippen LogP contribution >= 0.6 is 14.3 Å². The number of hydrogen-bond acceptors (Lipinski definition) is 5. The Morgan fingerprint density at radius 3 is 1.70 bits per heavy atom. The van der Waals surface area contributed by atoms with Crippen LogP contribution < -0.4 is 31.8 Å². The molecule has 2 aliphatic rings. The molecule has 13 rings (SSSR count). The standard InChI is InChI=1S/C61H42N4O2P2/c66-68(46-16-5-1-6-17-46,47-18-7-2-8-19-47)50-29-25-43-35-45(39-62-57(43)38-50)42-27-31-53-58(36-42)65-59-37-44(28-33-56(59)64-61(65)54-32-26-41-15-13-14-24-52(41)60(53)54)55-34-30-51(40-63-55)69(67,48-20-9-3-10-21-48)49-22-11-4-12-23-49/h1-40,54,60H. The summed E-state index contributed by atoms with van der Waals surface area (Å²) in [5.74, 6) is 1.09. The van der Waals surface area contributed by atoms with E-state index in [1.807, 2.05) is 152 Å². The quantitative estimate of drug-likeness (QED) is 0.142. The van der Waals surface area contributed by atoms with E-state index in [1.54, 1.807) is 6.20 Å². The molecule has 3 aromatic heterocycles. The SMILES string of the molecule is O=P(c1ccccc1)(c1ccccc1)c1ccc(-c2ccc3nc4n(c3c2)-c2cc(-c3cnc5cc(P(=O)(c6ccccc6)c6ccccc6)ccc5c3)ccc2C2c3ccccc3C=CC42)nc1. The van der Waals surface area contributed by atoms with Gasteiger partial charge >= 0.3 is 0 Å². The van der Waals surface area contributed by atoms with E-state index in [2.05, 4.69) is 89.5 Å². The van der Waals surface area contributed by atoms with E-state index in [0.717, 1.165) is 82.4 Å². The van der Waals surface area contributed by atoms with Crippen molar-refractivity contribution in [2.75, 3.05) is 0 Å². The van der Waals surface area contributed by atoms with Crippen molar-refractivity contribution in [3.8, 4) is 28.1 Å². The van der Waals surface area contributed by atoms with Gasteiger partial charge < -0.3 is 9.13 Å². The molecule has 1 aliphatic carbocycles. The van der Waals surface area contributed by atoms with Crippen LogP contribution in [-0.2, 0) is 9.13 Å². The fourth-order valence-electron chi connectivity index (χ4n) is 10.6. The largest absolute Gasteiger partial charge is 0.309 e. The van der Waals surface area contributed by atoms with Crippen molar-refractivity contribution >= 4 is 74.1 Å². The highest BCUT2D eigenvalue weighted by molar-refractivity contribution is 7.85. The molecule has 0 N–H and O–H groups in total. The molecule has 11 aromatic rings. The Morgan fingerprint density at radius 2 is 1.04 bits per heavy atom. The highest BCUT2D eigenvalue weighted by atomic mass is 31.2.